The van der Waals surface area contributed by atoms with E-state index in [0.717, 1.165) is 24.4 Å². The minimum atomic E-state index is -0.189. The van der Waals surface area contributed by atoms with E-state index in [-0.39, 0.29) is 11.4 Å². The quantitative estimate of drug-likeness (QED) is 0.910. The smallest absolute Gasteiger partial charge is 0.123 e. The maximum atomic E-state index is 13.0. The van der Waals surface area contributed by atoms with Crippen LogP contribution >= 0.6 is 11.8 Å². The number of halogens is 1. The standard InChI is InChI=1S/C14H21FN2S/c1-3-17(13-6-4-12(15)5-7-13)14(10-16)8-9-18-11(14)2/h4-7,11H,3,8-10,16H2,1-2H3. The Kier molecular flexibility index (Phi) is 4.17. The van der Waals surface area contributed by atoms with Crippen molar-refractivity contribution < 1.29 is 4.39 Å². The third-order valence-corrected chi connectivity index (χ3v) is 5.38. The second-order valence-corrected chi connectivity index (χ2v) is 6.24. The van der Waals surface area contributed by atoms with E-state index in [2.05, 4.69) is 18.7 Å². The summed E-state index contributed by atoms with van der Waals surface area (Å²) in [5.74, 6) is 0.959. The van der Waals surface area contributed by atoms with Gasteiger partial charge in [-0.05, 0) is 43.4 Å². The molecule has 2 atom stereocenters. The van der Waals surface area contributed by atoms with Crippen LogP contribution in [0.4, 0.5) is 10.1 Å². The van der Waals surface area contributed by atoms with Gasteiger partial charge in [0, 0.05) is 24.0 Å². The molecule has 2 nitrogen and oxygen atoms in total. The predicted octanol–water partition coefficient (Wildman–Crippen LogP) is 2.87. The van der Waals surface area contributed by atoms with Gasteiger partial charge in [-0.25, -0.2) is 4.39 Å². The van der Waals surface area contributed by atoms with Gasteiger partial charge in [-0.2, -0.15) is 11.8 Å². The number of nitrogens with two attached hydrogens (primary N) is 1. The first-order valence-corrected chi connectivity index (χ1v) is 7.54. The zero-order chi connectivity index (χ0) is 13.2. The van der Waals surface area contributed by atoms with Gasteiger partial charge in [0.2, 0.25) is 0 Å². The van der Waals surface area contributed by atoms with E-state index in [1.807, 2.05) is 23.9 Å². The fraction of sp³-hybridized carbons (Fsp3) is 0.571. The van der Waals surface area contributed by atoms with Crippen molar-refractivity contribution in [3.63, 3.8) is 0 Å². The lowest BCUT2D eigenvalue weighted by molar-refractivity contribution is 0.400. The van der Waals surface area contributed by atoms with Crippen LogP contribution in [-0.4, -0.2) is 29.6 Å². The fourth-order valence-electron chi connectivity index (χ4n) is 2.88. The number of nitrogens with zero attached hydrogens (tertiary/aromatic N) is 1. The zero-order valence-electron chi connectivity index (χ0n) is 11.0. The van der Waals surface area contributed by atoms with Gasteiger partial charge in [0.05, 0.1) is 5.54 Å². The van der Waals surface area contributed by atoms with Crippen LogP contribution in [0.15, 0.2) is 24.3 Å². The van der Waals surface area contributed by atoms with Crippen molar-refractivity contribution in [2.75, 3.05) is 23.7 Å². The van der Waals surface area contributed by atoms with Crippen molar-refractivity contribution in [2.45, 2.75) is 31.1 Å². The van der Waals surface area contributed by atoms with E-state index in [1.54, 1.807) is 0 Å². The summed E-state index contributed by atoms with van der Waals surface area (Å²) in [7, 11) is 0. The highest BCUT2D eigenvalue weighted by Gasteiger charge is 2.44. The molecule has 18 heavy (non-hydrogen) atoms. The summed E-state index contributed by atoms with van der Waals surface area (Å²) in [6.45, 7) is 5.92. The van der Waals surface area contributed by atoms with Gasteiger partial charge in [-0.1, -0.05) is 6.92 Å². The number of anilines is 1. The van der Waals surface area contributed by atoms with E-state index in [0.29, 0.717) is 11.8 Å². The molecule has 0 radical (unpaired) electrons. The third kappa shape index (κ3) is 2.24. The van der Waals surface area contributed by atoms with Crippen LogP contribution in [0.2, 0.25) is 0 Å². The molecule has 100 valence electrons. The molecule has 1 aliphatic rings. The fourth-order valence-corrected chi connectivity index (χ4v) is 4.36. The molecule has 2 rings (SSSR count). The Morgan fingerprint density at radius 2 is 2.11 bits per heavy atom. The molecule has 0 bridgehead atoms. The molecule has 4 heteroatoms. The van der Waals surface area contributed by atoms with Crippen LogP contribution in [0.25, 0.3) is 0 Å². The van der Waals surface area contributed by atoms with E-state index < -0.39 is 0 Å². The third-order valence-electron chi connectivity index (χ3n) is 4.01. The Morgan fingerprint density at radius 3 is 2.56 bits per heavy atom. The number of thioether (sulfide) groups is 1. The summed E-state index contributed by atoms with van der Waals surface area (Å²) < 4.78 is 13.0. The summed E-state index contributed by atoms with van der Waals surface area (Å²) >= 11 is 1.97. The minimum absolute atomic E-state index is 0.0112. The number of hydrogen-bond acceptors (Lipinski definition) is 3. The maximum absolute atomic E-state index is 13.0. The lowest BCUT2D eigenvalue weighted by Crippen LogP contribution is -2.57. The average Bonchev–Trinajstić information content (AvgIpc) is 2.75. The summed E-state index contributed by atoms with van der Waals surface area (Å²) in [6, 6.07) is 6.75. The molecule has 0 spiro atoms. The molecular weight excluding hydrogens is 247 g/mol. The second kappa shape index (κ2) is 5.49. The number of benzene rings is 1. The Balaban J connectivity index is 2.34. The Hall–Kier alpha value is -0.740. The molecule has 1 aliphatic heterocycles. The van der Waals surface area contributed by atoms with Crippen LogP contribution in [-0.2, 0) is 0 Å². The molecule has 0 aliphatic carbocycles. The van der Waals surface area contributed by atoms with Crippen molar-refractivity contribution in [1.29, 1.82) is 0 Å². The molecule has 0 aromatic heterocycles. The highest BCUT2D eigenvalue weighted by Crippen LogP contribution is 2.41. The minimum Gasteiger partial charge on any atom is -0.364 e. The molecular formula is C14H21FN2S. The maximum Gasteiger partial charge on any atom is 0.123 e. The van der Waals surface area contributed by atoms with Crippen LogP contribution in [0, 0.1) is 5.82 Å². The molecule has 1 saturated heterocycles. The first-order chi connectivity index (χ1) is 8.64. The second-order valence-electron chi connectivity index (χ2n) is 4.79. The largest absolute Gasteiger partial charge is 0.364 e. The molecule has 1 fully saturated rings. The lowest BCUT2D eigenvalue weighted by atomic mass is 9.89. The highest BCUT2D eigenvalue weighted by molar-refractivity contribution is 8.00. The van der Waals surface area contributed by atoms with Crippen LogP contribution < -0.4 is 10.6 Å². The Morgan fingerprint density at radius 1 is 1.44 bits per heavy atom. The summed E-state index contributed by atoms with van der Waals surface area (Å²) in [6.07, 6.45) is 1.10. The first-order valence-electron chi connectivity index (χ1n) is 6.49. The van der Waals surface area contributed by atoms with Crippen molar-refractivity contribution in [1.82, 2.24) is 0 Å². The van der Waals surface area contributed by atoms with E-state index in [4.69, 9.17) is 5.73 Å². The topological polar surface area (TPSA) is 29.3 Å². The van der Waals surface area contributed by atoms with Crippen molar-refractivity contribution in [2.24, 2.45) is 5.73 Å². The van der Waals surface area contributed by atoms with E-state index in [9.17, 15) is 4.39 Å². The van der Waals surface area contributed by atoms with Crippen LogP contribution in [0.1, 0.15) is 20.3 Å². The predicted molar refractivity (Wildman–Crippen MR) is 77.7 cm³/mol. The highest BCUT2D eigenvalue weighted by atomic mass is 32.2. The SMILES string of the molecule is CCN(c1ccc(F)cc1)C1(CN)CCSC1C. The van der Waals surface area contributed by atoms with Crippen molar-refractivity contribution in [3.8, 4) is 0 Å². The van der Waals surface area contributed by atoms with Gasteiger partial charge in [0.25, 0.3) is 0 Å². The molecule has 2 unspecified atom stereocenters. The molecule has 1 aromatic carbocycles. The van der Waals surface area contributed by atoms with Crippen molar-refractivity contribution >= 4 is 17.4 Å². The van der Waals surface area contributed by atoms with Gasteiger partial charge in [-0.3, -0.25) is 0 Å². The summed E-state index contributed by atoms with van der Waals surface area (Å²) in [4.78, 5) is 2.34. The summed E-state index contributed by atoms with van der Waals surface area (Å²) in [5, 5.41) is 0.507. The Labute approximate surface area is 113 Å². The molecule has 0 amide bonds. The Bertz CT molecular complexity index is 395. The monoisotopic (exact) mass is 268 g/mol. The summed E-state index contributed by atoms with van der Waals surface area (Å²) in [5.41, 5.74) is 7.15. The van der Waals surface area contributed by atoms with Crippen molar-refractivity contribution in [3.05, 3.63) is 30.1 Å². The number of likely N-dealkylation sites (N-methyl/N-ethyl adjacent to an activating group) is 1. The number of hydrogen-bond donors (Lipinski definition) is 1. The van der Waals surface area contributed by atoms with Gasteiger partial charge < -0.3 is 10.6 Å². The number of rotatable bonds is 4. The zero-order valence-corrected chi connectivity index (χ0v) is 11.8. The van der Waals surface area contributed by atoms with Gasteiger partial charge in [0.1, 0.15) is 5.82 Å². The molecule has 1 heterocycles. The molecule has 0 saturated carbocycles. The van der Waals surface area contributed by atoms with Gasteiger partial charge in [-0.15, -0.1) is 0 Å². The first kappa shape index (κ1) is 13.7. The normalized spacial score (nSPS) is 27.4. The average molecular weight is 268 g/mol. The van der Waals surface area contributed by atoms with Gasteiger partial charge >= 0.3 is 0 Å². The molecule has 2 N–H and O–H groups in total. The van der Waals surface area contributed by atoms with Crippen LogP contribution in [0.5, 0.6) is 0 Å². The molecule has 1 aromatic rings. The van der Waals surface area contributed by atoms with Crippen LogP contribution in [0.3, 0.4) is 0 Å². The van der Waals surface area contributed by atoms with E-state index >= 15 is 0 Å². The lowest BCUT2D eigenvalue weighted by Gasteiger charge is -2.44. The van der Waals surface area contributed by atoms with Gasteiger partial charge in [0.15, 0.2) is 0 Å². The van der Waals surface area contributed by atoms with E-state index in [1.165, 1.54) is 12.1 Å².